The highest BCUT2D eigenvalue weighted by atomic mass is 79.9. The molecule has 0 saturated carbocycles. The Morgan fingerprint density at radius 3 is 2.56 bits per heavy atom. The molecule has 0 aliphatic rings. The second kappa shape index (κ2) is 6.36. The molecule has 0 aliphatic carbocycles. The van der Waals surface area contributed by atoms with Crippen molar-refractivity contribution in [3.8, 4) is 0 Å². The van der Waals surface area contributed by atoms with Crippen LogP contribution < -0.4 is 5.73 Å². The van der Waals surface area contributed by atoms with Gasteiger partial charge in [0.25, 0.3) is 0 Å². The van der Waals surface area contributed by atoms with Crippen LogP contribution in [0, 0.1) is 11.7 Å². The molecule has 0 saturated heterocycles. The first-order chi connectivity index (χ1) is 7.52. The van der Waals surface area contributed by atoms with Gasteiger partial charge in [0, 0.05) is 16.1 Å². The molecule has 1 unspecified atom stereocenters. The first-order valence-electron chi connectivity index (χ1n) is 5.72. The SMILES string of the molecule is CC(C)CCCC(N)c1c(F)cccc1Br. The van der Waals surface area contributed by atoms with E-state index in [9.17, 15) is 4.39 Å². The number of hydrogen-bond donors (Lipinski definition) is 1. The van der Waals surface area contributed by atoms with E-state index in [0.29, 0.717) is 11.5 Å². The van der Waals surface area contributed by atoms with E-state index in [0.717, 1.165) is 23.7 Å². The number of rotatable bonds is 5. The molecule has 1 nitrogen and oxygen atoms in total. The first-order valence-corrected chi connectivity index (χ1v) is 6.51. The van der Waals surface area contributed by atoms with Crippen molar-refractivity contribution in [2.24, 2.45) is 11.7 Å². The quantitative estimate of drug-likeness (QED) is 0.853. The van der Waals surface area contributed by atoms with Crippen LogP contribution in [0.3, 0.4) is 0 Å². The van der Waals surface area contributed by atoms with Gasteiger partial charge in [0.1, 0.15) is 5.82 Å². The van der Waals surface area contributed by atoms with E-state index in [4.69, 9.17) is 5.73 Å². The molecule has 0 radical (unpaired) electrons. The molecule has 0 fully saturated rings. The molecule has 3 heteroatoms. The van der Waals surface area contributed by atoms with Crippen molar-refractivity contribution in [2.45, 2.75) is 39.2 Å². The van der Waals surface area contributed by atoms with Crippen LogP contribution in [0.2, 0.25) is 0 Å². The molecule has 1 atom stereocenters. The standard InChI is InChI=1S/C13H19BrFN/c1-9(2)5-3-8-12(16)13-10(14)6-4-7-11(13)15/h4,6-7,9,12H,3,5,8,16H2,1-2H3. The van der Waals surface area contributed by atoms with E-state index < -0.39 is 0 Å². The third kappa shape index (κ3) is 3.87. The lowest BCUT2D eigenvalue weighted by Gasteiger charge is -2.15. The molecular weight excluding hydrogens is 269 g/mol. The van der Waals surface area contributed by atoms with Crippen LogP contribution in [0.5, 0.6) is 0 Å². The Morgan fingerprint density at radius 1 is 1.31 bits per heavy atom. The van der Waals surface area contributed by atoms with Crippen molar-refractivity contribution in [1.29, 1.82) is 0 Å². The van der Waals surface area contributed by atoms with Crippen LogP contribution in [0.4, 0.5) is 4.39 Å². The molecule has 1 aromatic carbocycles. The molecule has 0 aromatic heterocycles. The van der Waals surface area contributed by atoms with Crippen LogP contribution in [0.15, 0.2) is 22.7 Å². The second-order valence-electron chi connectivity index (χ2n) is 4.57. The molecule has 1 rings (SSSR count). The van der Waals surface area contributed by atoms with Gasteiger partial charge in [0.2, 0.25) is 0 Å². The third-order valence-electron chi connectivity index (χ3n) is 2.67. The highest BCUT2D eigenvalue weighted by Gasteiger charge is 2.14. The normalized spacial score (nSPS) is 13.1. The van der Waals surface area contributed by atoms with Crippen LogP contribution >= 0.6 is 15.9 Å². The molecule has 2 N–H and O–H groups in total. The Kier molecular flexibility index (Phi) is 5.42. The number of halogens is 2. The Morgan fingerprint density at radius 2 is 2.00 bits per heavy atom. The maximum absolute atomic E-state index is 13.6. The van der Waals surface area contributed by atoms with Gasteiger partial charge in [0.05, 0.1) is 0 Å². The van der Waals surface area contributed by atoms with Crippen LogP contribution in [-0.4, -0.2) is 0 Å². The predicted octanol–water partition coefficient (Wildman–Crippen LogP) is 4.41. The topological polar surface area (TPSA) is 26.0 Å². The largest absolute Gasteiger partial charge is 0.324 e. The Labute approximate surface area is 105 Å². The van der Waals surface area contributed by atoms with E-state index in [1.54, 1.807) is 6.07 Å². The van der Waals surface area contributed by atoms with Gasteiger partial charge in [-0.15, -0.1) is 0 Å². The molecule has 0 heterocycles. The van der Waals surface area contributed by atoms with Crippen LogP contribution in [0.1, 0.15) is 44.7 Å². The van der Waals surface area contributed by atoms with Gasteiger partial charge in [-0.05, 0) is 24.5 Å². The predicted molar refractivity (Wildman–Crippen MR) is 69.7 cm³/mol. The number of hydrogen-bond acceptors (Lipinski definition) is 1. The monoisotopic (exact) mass is 287 g/mol. The summed E-state index contributed by atoms with van der Waals surface area (Å²) in [6.07, 6.45) is 3.01. The van der Waals surface area contributed by atoms with Gasteiger partial charge in [-0.3, -0.25) is 0 Å². The van der Waals surface area contributed by atoms with Gasteiger partial charge in [0.15, 0.2) is 0 Å². The summed E-state index contributed by atoms with van der Waals surface area (Å²) in [7, 11) is 0. The van der Waals surface area contributed by atoms with Crippen molar-refractivity contribution in [1.82, 2.24) is 0 Å². The molecular formula is C13H19BrFN. The van der Waals surface area contributed by atoms with Gasteiger partial charge in [-0.1, -0.05) is 48.7 Å². The summed E-state index contributed by atoms with van der Waals surface area (Å²) in [5, 5.41) is 0. The fourth-order valence-corrected chi connectivity index (χ4v) is 2.39. The highest BCUT2D eigenvalue weighted by molar-refractivity contribution is 9.10. The van der Waals surface area contributed by atoms with E-state index >= 15 is 0 Å². The average molecular weight is 288 g/mol. The molecule has 1 aromatic rings. The Bertz CT molecular complexity index is 318. The third-order valence-corrected chi connectivity index (χ3v) is 3.36. The number of nitrogens with two attached hydrogens (primary N) is 1. The summed E-state index contributed by atoms with van der Waals surface area (Å²) in [5.41, 5.74) is 6.62. The first kappa shape index (κ1) is 13.7. The number of benzene rings is 1. The summed E-state index contributed by atoms with van der Waals surface area (Å²) >= 11 is 3.35. The summed E-state index contributed by atoms with van der Waals surface area (Å²) in [6, 6.07) is 4.77. The molecule has 0 bridgehead atoms. The maximum atomic E-state index is 13.6. The van der Waals surface area contributed by atoms with E-state index in [2.05, 4.69) is 29.8 Å². The zero-order valence-corrected chi connectivity index (χ0v) is 11.4. The lowest BCUT2D eigenvalue weighted by molar-refractivity contribution is 0.492. The fraction of sp³-hybridized carbons (Fsp3) is 0.538. The minimum absolute atomic E-state index is 0.214. The molecule has 0 amide bonds. The van der Waals surface area contributed by atoms with Crippen molar-refractivity contribution >= 4 is 15.9 Å². The molecule has 90 valence electrons. The molecule has 16 heavy (non-hydrogen) atoms. The van der Waals surface area contributed by atoms with Gasteiger partial charge in [-0.2, -0.15) is 0 Å². The second-order valence-corrected chi connectivity index (χ2v) is 5.42. The molecule has 0 spiro atoms. The van der Waals surface area contributed by atoms with E-state index in [1.807, 2.05) is 6.07 Å². The fourth-order valence-electron chi connectivity index (χ4n) is 1.76. The summed E-state index contributed by atoms with van der Waals surface area (Å²) in [6.45, 7) is 4.37. The lowest BCUT2D eigenvalue weighted by atomic mass is 9.98. The Hall–Kier alpha value is -0.410. The minimum atomic E-state index is -0.216. The van der Waals surface area contributed by atoms with Crippen molar-refractivity contribution in [3.05, 3.63) is 34.1 Å². The lowest BCUT2D eigenvalue weighted by Crippen LogP contribution is -2.13. The van der Waals surface area contributed by atoms with Crippen molar-refractivity contribution in [3.63, 3.8) is 0 Å². The smallest absolute Gasteiger partial charge is 0.129 e. The summed E-state index contributed by atoms with van der Waals surface area (Å²) < 4.78 is 14.3. The van der Waals surface area contributed by atoms with E-state index in [1.165, 1.54) is 6.07 Å². The zero-order valence-electron chi connectivity index (χ0n) is 9.84. The van der Waals surface area contributed by atoms with Gasteiger partial charge < -0.3 is 5.73 Å². The Balaban J connectivity index is 2.62. The van der Waals surface area contributed by atoms with Gasteiger partial charge in [-0.25, -0.2) is 4.39 Å². The summed E-state index contributed by atoms with van der Waals surface area (Å²) in [5.74, 6) is 0.461. The van der Waals surface area contributed by atoms with E-state index in [-0.39, 0.29) is 11.9 Å². The average Bonchev–Trinajstić information content (AvgIpc) is 2.16. The van der Waals surface area contributed by atoms with Crippen LogP contribution in [-0.2, 0) is 0 Å². The summed E-state index contributed by atoms with van der Waals surface area (Å²) in [4.78, 5) is 0. The minimum Gasteiger partial charge on any atom is -0.324 e. The van der Waals surface area contributed by atoms with Crippen LogP contribution in [0.25, 0.3) is 0 Å². The van der Waals surface area contributed by atoms with Crippen molar-refractivity contribution < 1.29 is 4.39 Å². The maximum Gasteiger partial charge on any atom is 0.129 e. The van der Waals surface area contributed by atoms with Crippen molar-refractivity contribution in [2.75, 3.05) is 0 Å². The van der Waals surface area contributed by atoms with Gasteiger partial charge >= 0.3 is 0 Å². The zero-order chi connectivity index (χ0) is 12.1. The molecule has 0 aliphatic heterocycles. The highest BCUT2D eigenvalue weighted by Crippen LogP contribution is 2.28.